The van der Waals surface area contributed by atoms with E-state index in [4.69, 9.17) is 5.73 Å². The van der Waals surface area contributed by atoms with E-state index in [-0.39, 0.29) is 11.9 Å². The number of amides is 1. The van der Waals surface area contributed by atoms with Gasteiger partial charge in [-0.25, -0.2) is 0 Å². The quantitative estimate of drug-likeness (QED) is 0.822. The Morgan fingerprint density at radius 2 is 2.22 bits per heavy atom. The SMILES string of the molecule is CSc1ccccc1NC(=O)C[C@@H]1CCC[C@H]1N. The summed E-state index contributed by atoms with van der Waals surface area (Å²) in [6.07, 6.45) is 5.85. The zero-order valence-corrected chi connectivity index (χ0v) is 11.5. The predicted octanol–water partition coefficient (Wildman–Crippen LogP) is 2.86. The molecular weight excluding hydrogens is 244 g/mol. The van der Waals surface area contributed by atoms with Crippen molar-refractivity contribution in [3.05, 3.63) is 24.3 Å². The highest BCUT2D eigenvalue weighted by atomic mass is 32.2. The fraction of sp³-hybridized carbons (Fsp3) is 0.500. The van der Waals surface area contributed by atoms with Crippen molar-refractivity contribution in [1.29, 1.82) is 0 Å². The molecule has 0 unspecified atom stereocenters. The molecule has 1 aromatic carbocycles. The van der Waals surface area contributed by atoms with Gasteiger partial charge >= 0.3 is 0 Å². The molecule has 2 atom stereocenters. The summed E-state index contributed by atoms with van der Waals surface area (Å²) in [6.45, 7) is 0. The van der Waals surface area contributed by atoms with Gasteiger partial charge in [-0.3, -0.25) is 4.79 Å². The van der Waals surface area contributed by atoms with Crippen LogP contribution in [-0.2, 0) is 4.79 Å². The Bertz CT molecular complexity index is 422. The molecule has 1 amide bonds. The summed E-state index contributed by atoms with van der Waals surface area (Å²) in [5.41, 5.74) is 6.90. The lowest BCUT2D eigenvalue weighted by Crippen LogP contribution is -2.28. The van der Waals surface area contributed by atoms with Gasteiger partial charge in [0.1, 0.15) is 0 Å². The van der Waals surface area contributed by atoms with Crippen molar-refractivity contribution in [3.8, 4) is 0 Å². The number of carbonyl (C=O) groups excluding carboxylic acids is 1. The van der Waals surface area contributed by atoms with Crippen LogP contribution in [0.2, 0.25) is 0 Å². The average molecular weight is 264 g/mol. The first-order valence-corrected chi connectivity index (χ1v) is 7.61. The van der Waals surface area contributed by atoms with Crippen LogP contribution in [0.4, 0.5) is 5.69 Å². The summed E-state index contributed by atoms with van der Waals surface area (Å²) in [7, 11) is 0. The van der Waals surface area contributed by atoms with Gasteiger partial charge in [-0.2, -0.15) is 0 Å². The number of nitrogens with two attached hydrogens (primary N) is 1. The summed E-state index contributed by atoms with van der Waals surface area (Å²) < 4.78 is 0. The molecule has 0 bridgehead atoms. The van der Waals surface area contributed by atoms with Crippen LogP contribution in [0.5, 0.6) is 0 Å². The molecule has 1 aliphatic carbocycles. The summed E-state index contributed by atoms with van der Waals surface area (Å²) >= 11 is 1.64. The van der Waals surface area contributed by atoms with Crippen LogP contribution in [0.3, 0.4) is 0 Å². The molecule has 98 valence electrons. The average Bonchev–Trinajstić information content (AvgIpc) is 2.75. The zero-order valence-electron chi connectivity index (χ0n) is 10.7. The monoisotopic (exact) mass is 264 g/mol. The van der Waals surface area contributed by atoms with E-state index in [1.165, 1.54) is 0 Å². The number of carbonyl (C=O) groups is 1. The van der Waals surface area contributed by atoms with E-state index < -0.39 is 0 Å². The van der Waals surface area contributed by atoms with Crippen LogP contribution in [0.25, 0.3) is 0 Å². The lowest BCUT2D eigenvalue weighted by atomic mass is 10.00. The van der Waals surface area contributed by atoms with Crippen molar-refractivity contribution in [3.63, 3.8) is 0 Å². The third-order valence-corrected chi connectivity index (χ3v) is 4.34. The highest BCUT2D eigenvalue weighted by Gasteiger charge is 2.26. The first kappa shape index (κ1) is 13.4. The van der Waals surface area contributed by atoms with E-state index in [0.29, 0.717) is 12.3 Å². The third-order valence-electron chi connectivity index (χ3n) is 3.55. The third kappa shape index (κ3) is 3.27. The minimum absolute atomic E-state index is 0.0823. The number of anilines is 1. The fourth-order valence-electron chi connectivity index (χ4n) is 2.51. The van der Waals surface area contributed by atoms with Gasteiger partial charge in [0.05, 0.1) is 5.69 Å². The molecule has 0 aliphatic heterocycles. The maximum atomic E-state index is 12.0. The summed E-state index contributed by atoms with van der Waals surface area (Å²) in [5, 5.41) is 2.99. The van der Waals surface area contributed by atoms with Crippen molar-refractivity contribution in [2.45, 2.75) is 36.6 Å². The Kier molecular flexibility index (Phi) is 4.66. The molecule has 1 aromatic rings. The van der Waals surface area contributed by atoms with Gasteiger partial charge in [-0.1, -0.05) is 18.6 Å². The van der Waals surface area contributed by atoms with Gasteiger partial charge in [0.15, 0.2) is 0 Å². The number of hydrogen-bond donors (Lipinski definition) is 2. The number of benzene rings is 1. The van der Waals surface area contributed by atoms with E-state index in [1.54, 1.807) is 11.8 Å². The van der Waals surface area contributed by atoms with E-state index in [1.807, 2.05) is 30.5 Å². The molecule has 2 rings (SSSR count). The van der Waals surface area contributed by atoms with Gasteiger partial charge in [-0.05, 0) is 37.1 Å². The first-order valence-electron chi connectivity index (χ1n) is 6.39. The molecule has 4 heteroatoms. The van der Waals surface area contributed by atoms with Gasteiger partial charge in [0.25, 0.3) is 0 Å². The second-order valence-corrected chi connectivity index (χ2v) is 5.66. The summed E-state index contributed by atoms with van der Waals surface area (Å²) in [4.78, 5) is 13.1. The van der Waals surface area contributed by atoms with Gasteiger partial charge in [0.2, 0.25) is 5.91 Å². The number of rotatable bonds is 4. The first-order chi connectivity index (χ1) is 8.70. The highest BCUT2D eigenvalue weighted by Crippen LogP contribution is 2.28. The molecule has 0 heterocycles. The zero-order chi connectivity index (χ0) is 13.0. The minimum Gasteiger partial charge on any atom is -0.327 e. The molecule has 1 aliphatic rings. The number of hydrogen-bond acceptors (Lipinski definition) is 3. The van der Waals surface area contributed by atoms with Gasteiger partial charge < -0.3 is 11.1 Å². The Labute approximate surface area is 113 Å². The molecule has 18 heavy (non-hydrogen) atoms. The van der Waals surface area contributed by atoms with Crippen LogP contribution >= 0.6 is 11.8 Å². The Balaban J connectivity index is 1.94. The van der Waals surface area contributed by atoms with Gasteiger partial charge in [-0.15, -0.1) is 11.8 Å². The largest absolute Gasteiger partial charge is 0.327 e. The van der Waals surface area contributed by atoms with Crippen LogP contribution < -0.4 is 11.1 Å². The van der Waals surface area contributed by atoms with E-state index in [9.17, 15) is 4.79 Å². The van der Waals surface area contributed by atoms with Crippen molar-refractivity contribution in [1.82, 2.24) is 0 Å². The molecule has 0 aromatic heterocycles. The van der Waals surface area contributed by atoms with Crippen molar-refractivity contribution in [2.75, 3.05) is 11.6 Å². The van der Waals surface area contributed by atoms with Gasteiger partial charge in [0, 0.05) is 17.4 Å². The molecule has 0 radical (unpaired) electrons. The van der Waals surface area contributed by atoms with E-state index in [2.05, 4.69) is 5.32 Å². The topological polar surface area (TPSA) is 55.1 Å². The summed E-state index contributed by atoms with van der Waals surface area (Å²) in [6, 6.07) is 8.08. The second kappa shape index (κ2) is 6.25. The normalized spacial score (nSPS) is 23.0. The standard InChI is InChI=1S/C14H20N2OS/c1-18-13-8-3-2-7-12(13)16-14(17)9-10-5-4-6-11(10)15/h2-3,7-8,10-11H,4-6,9,15H2,1H3,(H,16,17)/t10-,11+/m0/s1. The van der Waals surface area contributed by atoms with Crippen molar-refractivity contribution < 1.29 is 4.79 Å². The van der Waals surface area contributed by atoms with Crippen LogP contribution in [-0.4, -0.2) is 18.2 Å². The molecular formula is C14H20N2OS. The molecule has 1 fully saturated rings. The predicted molar refractivity (Wildman–Crippen MR) is 76.8 cm³/mol. The second-order valence-electron chi connectivity index (χ2n) is 4.81. The molecule has 0 spiro atoms. The van der Waals surface area contributed by atoms with E-state index >= 15 is 0 Å². The number of thioether (sulfide) groups is 1. The Morgan fingerprint density at radius 1 is 1.44 bits per heavy atom. The molecule has 1 saturated carbocycles. The number of nitrogens with one attached hydrogen (secondary N) is 1. The highest BCUT2D eigenvalue weighted by molar-refractivity contribution is 7.98. The summed E-state index contributed by atoms with van der Waals surface area (Å²) in [5.74, 6) is 0.435. The molecule has 3 nitrogen and oxygen atoms in total. The number of para-hydroxylation sites is 1. The maximum absolute atomic E-state index is 12.0. The van der Waals surface area contributed by atoms with E-state index in [0.717, 1.165) is 29.8 Å². The van der Waals surface area contributed by atoms with Crippen molar-refractivity contribution in [2.24, 2.45) is 11.7 Å². The van der Waals surface area contributed by atoms with Crippen LogP contribution in [0, 0.1) is 5.92 Å². The Morgan fingerprint density at radius 3 is 2.89 bits per heavy atom. The van der Waals surface area contributed by atoms with Crippen LogP contribution in [0.1, 0.15) is 25.7 Å². The fourth-order valence-corrected chi connectivity index (χ4v) is 3.06. The van der Waals surface area contributed by atoms with Crippen molar-refractivity contribution >= 4 is 23.4 Å². The Hall–Kier alpha value is -1.00. The molecule has 0 saturated heterocycles. The minimum atomic E-state index is 0.0823. The lowest BCUT2D eigenvalue weighted by Gasteiger charge is -2.15. The smallest absolute Gasteiger partial charge is 0.224 e. The maximum Gasteiger partial charge on any atom is 0.224 e. The molecule has 3 N–H and O–H groups in total. The van der Waals surface area contributed by atoms with Crippen LogP contribution in [0.15, 0.2) is 29.2 Å². The lowest BCUT2D eigenvalue weighted by molar-refractivity contribution is -0.117.